The summed E-state index contributed by atoms with van der Waals surface area (Å²) >= 11 is 4.23. The van der Waals surface area contributed by atoms with Crippen molar-refractivity contribution in [1.82, 2.24) is 0 Å². The lowest BCUT2D eigenvalue weighted by molar-refractivity contribution is 0.102. The maximum atomic E-state index is 13.7. The molecule has 0 aliphatic rings. The van der Waals surface area contributed by atoms with E-state index in [1.54, 1.807) is 48.5 Å². The molecule has 3 rings (SSSR count). The minimum atomic E-state index is -0.604. The van der Waals surface area contributed by atoms with Crippen LogP contribution in [0.15, 0.2) is 72.8 Å². The number of carbonyl (C=O) groups is 2. The molecule has 0 spiro atoms. The number of rotatable bonds is 6. The van der Waals surface area contributed by atoms with Crippen LogP contribution in [0.1, 0.15) is 15.9 Å². The highest BCUT2D eigenvalue weighted by atomic mass is 32.1. The number of halogens is 1. The quantitative estimate of drug-likeness (QED) is 0.439. The molecule has 0 saturated carbocycles. The van der Waals surface area contributed by atoms with E-state index in [9.17, 15) is 14.0 Å². The molecule has 0 fully saturated rings. The van der Waals surface area contributed by atoms with E-state index in [2.05, 4.69) is 23.4 Å². The number of anilines is 3. The first-order valence-electron chi connectivity index (χ1n) is 9.13. The van der Waals surface area contributed by atoms with Gasteiger partial charge in [0.15, 0.2) is 0 Å². The van der Waals surface area contributed by atoms with Gasteiger partial charge in [0.1, 0.15) is 5.82 Å². The van der Waals surface area contributed by atoms with Crippen LogP contribution in [0, 0.1) is 5.82 Å². The molecule has 3 aromatic carbocycles. The number of aliphatic hydroxyl groups is 1. The molecule has 0 radical (unpaired) electrons. The van der Waals surface area contributed by atoms with Crippen molar-refractivity contribution in [3.05, 3.63) is 89.7 Å². The number of hydrogen-bond acceptors (Lipinski definition) is 4. The van der Waals surface area contributed by atoms with Gasteiger partial charge in [0, 0.05) is 18.0 Å². The van der Waals surface area contributed by atoms with Crippen molar-refractivity contribution in [2.24, 2.45) is 0 Å². The SMILES string of the molecule is O=C(Nc1ccc(N(S)C(=O)Nc2cccc(CCO)c2)cc1)c1ccccc1F. The highest BCUT2D eigenvalue weighted by Gasteiger charge is 2.14. The van der Waals surface area contributed by atoms with Gasteiger partial charge in [-0.1, -0.05) is 37.1 Å². The fourth-order valence-electron chi connectivity index (χ4n) is 2.76. The van der Waals surface area contributed by atoms with Crippen LogP contribution in [0.5, 0.6) is 0 Å². The molecule has 0 aliphatic carbocycles. The van der Waals surface area contributed by atoms with Gasteiger partial charge in [-0.3, -0.25) is 4.79 Å². The van der Waals surface area contributed by atoms with Gasteiger partial charge in [-0.05, 0) is 60.5 Å². The number of thiol groups is 1. The summed E-state index contributed by atoms with van der Waals surface area (Å²) in [6.07, 6.45) is 0.494. The molecule has 3 aromatic rings. The van der Waals surface area contributed by atoms with Crippen molar-refractivity contribution in [1.29, 1.82) is 0 Å². The molecular weight excluding hydrogens is 405 g/mol. The number of carbonyl (C=O) groups excluding carboxylic acids is 2. The molecule has 30 heavy (non-hydrogen) atoms. The molecule has 0 atom stereocenters. The van der Waals surface area contributed by atoms with Crippen molar-refractivity contribution in [2.45, 2.75) is 6.42 Å². The molecule has 0 aromatic heterocycles. The smallest absolute Gasteiger partial charge is 0.336 e. The number of nitrogens with zero attached hydrogens (tertiary/aromatic N) is 1. The fourth-order valence-corrected chi connectivity index (χ4v) is 2.94. The van der Waals surface area contributed by atoms with Crippen molar-refractivity contribution in [2.75, 3.05) is 21.5 Å². The molecule has 154 valence electrons. The van der Waals surface area contributed by atoms with Gasteiger partial charge >= 0.3 is 6.03 Å². The second-order valence-electron chi connectivity index (χ2n) is 6.40. The van der Waals surface area contributed by atoms with Crippen LogP contribution in [0.2, 0.25) is 0 Å². The standard InChI is InChI=1S/C22H20FN3O3S/c23-20-7-2-1-6-19(20)21(28)24-16-8-10-18(11-9-16)26(30)22(29)25-17-5-3-4-15(14-17)12-13-27/h1-11,14,27,30H,12-13H2,(H,24,28)(H,25,29). The van der Waals surface area contributed by atoms with Crippen molar-refractivity contribution < 1.29 is 19.1 Å². The third-order valence-corrected chi connectivity index (χ3v) is 4.67. The van der Waals surface area contributed by atoms with E-state index >= 15 is 0 Å². The Labute approximate surface area is 178 Å². The average molecular weight is 425 g/mol. The van der Waals surface area contributed by atoms with E-state index < -0.39 is 17.8 Å². The number of urea groups is 1. The molecule has 8 heteroatoms. The first-order valence-corrected chi connectivity index (χ1v) is 9.53. The summed E-state index contributed by atoms with van der Waals surface area (Å²) in [5, 5.41) is 14.4. The largest absolute Gasteiger partial charge is 0.396 e. The zero-order valence-electron chi connectivity index (χ0n) is 15.9. The van der Waals surface area contributed by atoms with Crippen molar-refractivity contribution in [3.8, 4) is 0 Å². The van der Waals surface area contributed by atoms with Gasteiger partial charge in [0.2, 0.25) is 0 Å². The summed E-state index contributed by atoms with van der Waals surface area (Å²) in [4.78, 5) is 24.6. The van der Waals surface area contributed by atoms with Gasteiger partial charge in [0.25, 0.3) is 5.91 Å². The summed E-state index contributed by atoms with van der Waals surface area (Å²) < 4.78 is 14.8. The fraction of sp³-hybridized carbons (Fsp3) is 0.0909. The Bertz CT molecular complexity index is 1040. The minimum Gasteiger partial charge on any atom is -0.396 e. The Morgan fingerprint density at radius 1 is 0.933 bits per heavy atom. The minimum absolute atomic E-state index is 0.0237. The summed E-state index contributed by atoms with van der Waals surface area (Å²) in [5.74, 6) is -1.17. The van der Waals surface area contributed by atoms with Crippen LogP contribution in [0.25, 0.3) is 0 Å². The normalized spacial score (nSPS) is 10.4. The lowest BCUT2D eigenvalue weighted by Crippen LogP contribution is -2.26. The van der Waals surface area contributed by atoms with Gasteiger partial charge in [0.05, 0.1) is 11.3 Å². The van der Waals surface area contributed by atoms with E-state index in [1.165, 1.54) is 18.2 Å². The third-order valence-electron chi connectivity index (χ3n) is 4.26. The van der Waals surface area contributed by atoms with Crippen LogP contribution in [0.4, 0.5) is 26.2 Å². The van der Waals surface area contributed by atoms with E-state index in [-0.39, 0.29) is 12.2 Å². The molecule has 3 N–H and O–H groups in total. The van der Waals surface area contributed by atoms with E-state index in [0.717, 1.165) is 9.87 Å². The summed E-state index contributed by atoms with van der Waals surface area (Å²) in [6.45, 7) is 0.0237. The molecule has 0 unspecified atom stereocenters. The summed E-state index contributed by atoms with van der Waals surface area (Å²) in [6, 6.07) is 18.8. The first-order chi connectivity index (χ1) is 14.5. The van der Waals surface area contributed by atoms with Crippen molar-refractivity contribution >= 4 is 41.8 Å². The molecule has 3 amide bonds. The van der Waals surface area contributed by atoms with E-state index in [4.69, 9.17) is 5.11 Å². The summed E-state index contributed by atoms with van der Waals surface area (Å²) in [7, 11) is 0. The summed E-state index contributed by atoms with van der Waals surface area (Å²) in [5.41, 5.74) is 2.35. The van der Waals surface area contributed by atoms with Gasteiger partial charge in [-0.15, -0.1) is 0 Å². The second kappa shape index (κ2) is 9.91. The molecule has 6 nitrogen and oxygen atoms in total. The number of amides is 3. The number of benzene rings is 3. The topological polar surface area (TPSA) is 81.7 Å². The number of aliphatic hydroxyl groups excluding tert-OH is 1. The zero-order chi connectivity index (χ0) is 21.5. The van der Waals surface area contributed by atoms with Crippen LogP contribution >= 0.6 is 12.8 Å². The lowest BCUT2D eigenvalue weighted by Gasteiger charge is -2.17. The van der Waals surface area contributed by atoms with Crippen molar-refractivity contribution in [3.63, 3.8) is 0 Å². The van der Waals surface area contributed by atoms with Gasteiger partial charge in [-0.2, -0.15) is 0 Å². The number of hydrogen-bond donors (Lipinski definition) is 4. The monoisotopic (exact) mass is 425 g/mol. The molecule has 0 saturated heterocycles. The number of nitrogens with one attached hydrogen (secondary N) is 2. The van der Waals surface area contributed by atoms with E-state index in [1.807, 2.05) is 6.07 Å². The molecule has 0 bridgehead atoms. The Morgan fingerprint density at radius 3 is 2.37 bits per heavy atom. The molecule has 0 heterocycles. The molecule has 0 aliphatic heterocycles. The van der Waals surface area contributed by atoms with Crippen LogP contribution in [0.3, 0.4) is 0 Å². The highest BCUT2D eigenvalue weighted by Crippen LogP contribution is 2.22. The Balaban J connectivity index is 1.63. The lowest BCUT2D eigenvalue weighted by atomic mass is 10.1. The van der Waals surface area contributed by atoms with Crippen LogP contribution < -0.4 is 14.9 Å². The maximum absolute atomic E-state index is 13.7. The highest BCUT2D eigenvalue weighted by molar-refractivity contribution is 7.82. The molecular formula is C22H20FN3O3S. The van der Waals surface area contributed by atoms with E-state index in [0.29, 0.717) is 23.5 Å². The Morgan fingerprint density at radius 2 is 1.67 bits per heavy atom. The first kappa shape index (κ1) is 21.4. The third kappa shape index (κ3) is 5.37. The van der Waals surface area contributed by atoms with Crippen LogP contribution in [-0.4, -0.2) is 23.7 Å². The van der Waals surface area contributed by atoms with Crippen LogP contribution in [-0.2, 0) is 6.42 Å². The Kier molecular flexibility index (Phi) is 7.05. The predicted molar refractivity (Wildman–Crippen MR) is 119 cm³/mol. The van der Waals surface area contributed by atoms with Gasteiger partial charge < -0.3 is 15.7 Å². The van der Waals surface area contributed by atoms with Gasteiger partial charge in [-0.25, -0.2) is 13.5 Å². The Hall–Kier alpha value is -3.36. The second-order valence-corrected chi connectivity index (χ2v) is 6.80. The predicted octanol–water partition coefficient (Wildman–Crippen LogP) is 4.50. The maximum Gasteiger partial charge on any atom is 0.336 e. The zero-order valence-corrected chi connectivity index (χ0v) is 16.8. The average Bonchev–Trinajstić information content (AvgIpc) is 2.74.